The minimum atomic E-state index is -1.01. The second kappa shape index (κ2) is 7.86. The van der Waals surface area contributed by atoms with Gasteiger partial charge in [0.15, 0.2) is 5.75 Å². The minimum absolute atomic E-state index is 0.0399. The van der Waals surface area contributed by atoms with Gasteiger partial charge in [0.05, 0.1) is 16.5 Å². The second-order valence-corrected chi connectivity index (χ2v) is 6.56. The van der Waals surface area contributed by atoms with Crippen LogP contribution in [-0.4, -0.2) is 16.2 Å². The molecule has 0 aliphatic rings. The van der Waals surface area contributed by atoms with Crippen LogP contribution in [0.15, 0.2) is 54.6 Å². The molecule has 0 radical (unpaired) electrons. The van der Waals surface area contributed by atoms with E-state index in [0.717, 1.165) is 0 Å². The topological polar surface area (TPSA) is 66.8 Å². The van der Waals surface area contributed by atoms with Crippen molar-refractivity contribution in [3.8, 4) is 28.4 Å². The van der Waals surface area contributed by atoms with E-state index in [9.17, 15) is 14.3 Å². The number of aliphatic carboxylic acids is 1. The third-order valence-electron chi connectivity index (χ3n) is 3.74. The first-order valence-electron chi connectivity index (χ1n) is 7.80. The Hall–Kier alpha value is -2.76. The summed E-state index contributed by atoms with van der Waals surface area (Å²) >= 11 is 12.4. The quantitative estimate of drug-likeness (QED) is 0.551. The fourth-order valence-corrected chi connectivity index (χ4v) is 3.18. The van der Waals surface area contributed by atoms with Crippen LogP contribution in [0.2, 0.25) is 10.0 Å². The third kappa shape index (κ3) is 4.51. The van der Waals surface area contributed by atoms with Crippen molar-refractivity contribution < 1.29 is 24.1 Å². The van der Waals surface area contributed by atoms with Gasteiger partial charge < -0.3 is 14.9 Å². The smallest absolute Gasteiger partial charge is 0.307 e. The van der Waals surface area contributed by atoms with Crippen LogP contribution in [0.4, 0.5) is 4.39 Å². The normalized spacial score (nSPS) is 10.6. The molecule has 3 rings (SSSR count). The Bertz CT molecular complexity index is 998. The zero-order chi connectivity index (χ0) is 19.6. The van der Waals surface area contributed by atoms with E-state index in [1.165, 1.54) is 48.5 Å². The molecule has 0 unspecified atom stereocenters. The van der Waals surface area contributed by atoms with Gasteiger partial charge in [-0.1, -0.05) is 35.3 Å². The summed E-state index contributed by atoms with van der Waals surface area (Å²) < 4.78 is 19.2. The van der Waals surface area contributed by atoms with E-state index in [1.54, 1.807) is 6.07 Å². The lowest BCUT2D eigenvalue weighted by Gasteiger charge is -2.13. The number of rotatable bonds is 5. The molecule has 0 amide bonds. The van der Waals surface area contributed by atoms with Crippen molar-refractivity contribution in [1.29, 1.82) is 0 Å². The van der Waals surface area contributed by atoms with Crippen molar-refractivity contribution in [1.82, 2.24) is 0 Å². The Morgan fingerprint density at radius 2 is 1.74 bits per heavy atom. The number of carbonyl (C=O) groups is 1. The first kappa shape index (κ1) is 19.0. The molecule has 3 aromatic rings. The molecule has 0 saturated heterocycles. The molecule has 7 heteroatoms. The van der Waals surface area contributed by atoms with Crippen LogP contribution in [0.3, 0.4) is 0 Å². The van der Waals surface area contributed by atoms with Gasteiger partial charge >= 0.3 is 5.97 Å². The molecule has 0 aliphatic heterocycles. The molecule has 138 valence electrons. The van der Waals surface area contributed by atoms with Gasteiger partial charge in [0.2, 0.25) is 0 Å². The maximum atomic E-state index is 13.5. The Kier molecular flexibility index (Phi) is 5.54. The summed E-state index contributed by atoms with van der Waals surface area (Å²) in [5.41, 5.74) is 1.30. The van der Waals surface area contributed by atoms with Gasteiger partial charge in [0, 0.05) is 5.56 Å². The molecule has 27 heavy (non-hydrogen) atoms. The number of hydrogen-bond donors (Lipinski definition) is 2. The number of carboxylic acids is 1. The summed E-state index contributed by atoms with van der Waals surface area (Å²) in [4.78, 5) is 10.8. The predicted octanol–water partition coefficient (Wildman–Crippen LogP) is 5.92. The van der Waals surface area contributed by atoms with Crippen molar-refractivity contribution in [2.45, 2.75) is 6.42 Å². The molecule has 0 aromatic heterocycles. The predicted molar refractivity (Wildman–Crippen MR) is 101 cm³/mol. The van der Waals surface area contributed by atoms with Gasteiger partial charge in [-0.2, -0.15) is 0 Å². The Balaban J connectivity index is 1.95. The zero-order valence-corrected chi connectivity index (χ0v) is 15.3. The summed E-state index contributed by atoms with van der Waals surface area (Å²) in [7, 11) is 0. The molecule has 0 bridgehead atoms. The number of carboxylic acid groups (broad SMARTS) is 1. The van der Waals surface area contributed by atoms with E-state index in [-0.39, 0.29) is 28.0 Å². The van der Waals surface area contributed by atoms with Crippen molar-refractivity contribution >= 4 is 29.2 Å². The molecule has 0 aliphatic carbocycles. The van der Waals surface area contributed by atoms with Crippen LogP contribution in [-0.2, 0) is 11.2 Å². The molecule has 0 fully saturated rings. The first-order valence-corrected chi connectivity index (χ1v) is 8.55. The number of ether oxygens (including phenoxy) is 1. The van der Waals surface area contributed by atoms with Crippen molar-refractivity contribution in [2.24, 2.45) is 0 Å². The zero-order valence-electron chi connectivity index (χ0n) is 13.7. The average Bonchev–Trinajstić information content (AvgIpc) is 2.59. The molecular weight excluding hydrogens is 394 g/mol. The van der Waals surface area contributed by atoms with E-state index in [1.807, 2.05) is 0 Å². The van der Waals surface area contributed by atoms with E-state index in [0.29, 0.717) is 22.4 Å². The van der Waals surface area contributed by atoms with Gasteiger partial charge in [-0.05, 0) is 53.6 Å². The average molecular weight is 407 g/mol. The summed E-state index contributed by atoms with van der Waals surface area (Å²) in [5, 5.41) is 19.3. The number of benzene rings is 3. The van der Waals surface area contributed by atoms with Crippen LogP contribution < -0.4 is 4.74 Å². The lowest BCUT2D eigenvalue weighted by Crippen LogP contribution is -2.00. The SMILES string of the molecule is O=C(O)Cc1cc(Cl)c(Oc2ccc(O)c(-c3cccc(F)c3)c2)c(Cl)c1. The maximum Gasteiger partial charge on any atom is 0.307 e. The lowest BCUT2D eigenvalue weighted by atomic mass is 10.0. The highest BCUT2D eigenvalue weighted by Gasteiger charge is 2.14. The Morgan fingerprint density at radius 3 is 2.37 bits per heavy atom. The minimum Gasteiger partial charge on any atom is -0.507 e. The lowest BCUT2D eigenvalue weighted by molar-refractivity contribution is -0.136. The molecule has 0 heterocycles. The van der Waals surface area contributed by atoms with E-state index in [2.05, 4.69) is 0 Å². The van der Waals surface area contributed by atoms with Crippen LogP contribution in [0, 0.1) is 5.82 Å². The molecule has 2 N–H and O–H groups in total. The third-order valence-corrected chi connectivity index (χ3v) is 4.30. The standard InChI is InChI=1S/C20H13Cl2FO4/c21-16-6-11(8-19(25)26)7-17(22)20(16)27-14-4-5-18(24)15(10-14)12-2-1-3-13(23)9-12/h1-7,9-10,24H,8H2,(H,25,26). The summed E-state index contributed by atoms with van der Waals surface area (Å²) in [6, 6.07) is 13.2. The first-order chi connectivity index (χ1) is 12.8. The highest BCUT2D eigenvalue weighted by Crippen LogP contribution is 2.40. The number of phenols is 1. The van der Waals surface area contributed by atoms with Crippen molar-refractivity contribution in [2.75, 3.05) is 0 Å². The Labute approximate surface area is 164 Å². The number of aromatic hydroxyl groups is 1. The van der Waals surface area contributed by atoms with E-state index < -0.39 is 11.8 Å². The van der Waals surface area contributed by atoms with Crippen LogP contribution >= 0.6 is 23.2 Å². The van der Waals surface area contributed by atoms with Gasteiger partial charge in [-0.25, -0.2) is 4.39 Å². The molecular formula is C20H13Cl2FO4. The number of hydrogen-bond acceptors (Lipinski definition) is 3. The highest BCUT2D eigenvalue weighted by atomic mass is 35.5. The van der Waals surface area contributed by atoms with Crippen molar-refractivity contribution in [3.63, 3.8) is 0 Å². The van der Waals surface area contributed by atoms with Gasteiger partial charge in [-0.15, -0.1) is 0 Å². The van der Waals surface area contributed by atoms with Crippen LogP contribution in [0.25, 0.3) is 11.1 Å². The fourth-order valence-electron chi connectivity index (χ4n) is 2.57. The van der Waals surface area contributed by atoms with Gasteiger partial charge in [-0.3, -0.25) is 4.79 Å². The summed E-state index contributed by atoms with van der Waals surface area (Å²) in [5.74, 6) is -1.00. The second-order valence-electron chi connectivity index (χ2n) is 5.75. The summed E-state index contributed by atoms with van der Waals surface area (Å²) in [6.45, 7) is 0. The highest BCUT2D eigenvalue weighted by molar-refractivity contribution is 6.37. The van der Waals surface area contributed by atoms with Gasteiger partial charge in [0.1, 0.15) is 17.3 Å². The molecule has 0 atom stereocenters. The van der Waals surface area contributed by atoms with Gasteiger partial charge in [0.25, 0.3) is 0 Å². The largest absolute Gasteiger partial charge is 0.507 e. The van der Waals surface area contributed by atoms with Crippen molar-refractivity contribution in [3.05, 3.63) is 76.0 Å². The summed E-state index contributed by atoms with van der Waals surface area (Å²) in [6.07, 6.45) is -0.220. The molecule has 4 nitrogen and oxygen atoms in total. The van der Waals surface area contributed by atoms with E-state index in [4.69, 9.17) is 33.0 Å². The molecule has 0 spiro atoms. The van der Waals surface area contributed by atoms with E-state index >= 15 is 0 Å². The number of halogens is 3. The van der Waals surface area contributed by atoms with Crippen LogP contribution in [0.1, 0.15) is 5.56 Å². The maximum absolute atomic E-state index is 13.5. The Morgan fingerprint density at radius 1 is 1.04 bits per heavy atom. The monoisotopic (exact) mass is 406 g/mol. The number of phenolic OH excluding ortho intramolecular Hbond substituents is 1. The van der Waals surface area contributed by atoms with Crippen LogP contribution in [0.5, 0.6) is 17.2 Å². The molecule has 0 saturated carbocycles. The fraction of sp³-hybridized carbons (Fsp3) is 0.0500. The molecule has 3 aromatic carbocycles.